The van der Waals surface area contributed by atoms with Crippen LogP contribution in [-0.4, -0.2) is 36.8 Å². The molecule has 1 N–H and O–H groups in total. The summed E-state index contributed by atoms with van der Waals surface area (Å²) in [4.78, 5) is 10.0. The van der Waals surface area contributed by atoms with Gasteiger partial charge >= 0.3 is 0 Å². The van der Waals surface area contributed by atoms with Crippen molar-refractivity contribution in [2.75, 3.05) is 13.1 Å². The fraction of sp³-hybridized carbons (Fsp3) is 0.545. The topological polar surface area (TPSA) is 46.0 Å². The number of ether oxygens (including phenoxy) is 1. The molecule has 1 aromatic carbocycles. The summed E-state index contributed by atoms with van der Waals surface area (Å²) in [6.07, 6.45) is 4.69. The number of allylic oxidation sites excluding steroid dienone is 1. The molecule has 1 fully saturated rings. The first-order chi connectivity index (χ1) is 12.5. The predicted molar refractivity (Wildman–Crippen MR) is 108 cm³/mol. The van der Waals surface area contributed by atoms with E-state index in [1.165, 1.54) is 16.7 Å². The molecule has 4 nitrogen and oxygen atoms in total. The van der Waals surface area contributed by atoms with E-state index in [4.69, 9.17) is 14.7 Å². The Morgan fingerprint density at radius 1 is 1.23 bits per heavy atom. The summed E-state index contributed by atoms with van der Waals surface area (Å²) in [5.41, 5.74) is 6.11. The van der Waals surface area contributed by atoms with E-state index in [2.05, 4.69) is 57.3 Å². The number of aliphatic imine (C=N–C) groups is 2. The highest BCUT2D eigenvalue weighted by molar-refractivity contribution is 6.40. The van der Waals surface area contributed by atoms with Crippen LogP contribution in [0, 0.1) is 11.8 Å². The molecule has 138 valence electrons. The zero-order valence-electron chi connectivity index (χ0n) is 16.2. The van der Waals surface area contributed by atoms with E-state index in [1.54, 1.807) is 0 Å². The Bertz CT molecular complexity index is 789. The maximum Gasteiger partial charge on any atom is 0.236 e. The van der Waals surface area contributed by atoms with Crippen molar-refractivity contribution in [1.82, 2.24) is 5.32 Å². The highest BCUT2D eigenvalue weighted by Crippen LogP contribution is 2.34. The van der Waals surface area contributed by atoms with Crippen LogP contribution >= 0.6 is 0 Å². The minimum atomic E-state index is 0.179. The third-order valence-corrected chi connectivity index (χ3v) is 6.01. The number of aryl methyl sites for hydroxylation is 1. The van der Waals surface area contributed by atoms with Gasteiger partial charge in [0, 0.05) is 19.0 Å². The lowest BCUT2D eigenvalue weighted by atomic mass is 9.82. The number of rotatable bonds is 2. The molecule has 2 bridgehead atoms. The van der Waals surface area contributed by atoms with Crippen LogP contribution in [0.1, 0.15) is 38.8 Å². The second-order valence-corrected chi connectivity index (χ2v) is 7.89. The summed E-state index contributed by atoms with van der Waals surface area (Å²) in [6.45, 7) is 10.6. The van der Waals surface area contributed by atoms with E-state index in [-0.39, 0.29) is 12.1 Å². The Kier molecular flexibility index (Phi) is 4.70. The molecule has 0 amide bonds. The van der Waals surface area contributed by atoms with Crippen molar-refractivity contribution in [3.63, 3.8) is 0 Å². The summed E-state index contributed by atoms with van der Waals surface area (Å²) in [5, 5.41) is 3.28. The van der Waals surface area contributed by atoms with Gasteiger partial charge in [0.05, 0.1) is 11.7 Å². The van der Waals surface area contributed by atoms with Gasteiger partial charge < -0.3 is 10.1 Å². The molecule has 0 radical (unpaired) electrons. The summed E-state index contributed by atoms with van der Waals surface area (Å²) in [5.74, 6) is 1.47. The third-order valence-electron chi connectivity index (χ3n) is 6.01. The zero-order valence-corrected chi connectivity index (χ0v) is 16.2. The minimum absolute atomic E-state index is 0.179. The van der Waals surface area contributed by atoms with Crippen LogP contribution in [0.4, 0.5) is 5.69 Å². The summed E-state index contributed by atoms with van der Waals surface area (Å²) in [7, 11) is 0. The molecular formula is C22H29N3O. The quantitative estimate of drug-likeness (QED) is 0.822. The molecule has 3 aliphatic heterocycles. The van der Waals surface area contributed by atoms with Crippen molar-refractivity contribution >= 4 is 17.3 Å². The van der Waals surface area contributed by atoms with Gasteiger partial charge in [-0.2, -0.15) is 0 Å². The van der Waals surface area contributed by atoms with Crippen molar-refractivity contribution in [2.24, 2.45) is 21.8 Å². The lowest BCUT2D eigenvalue weighted by molar-refractivity contribution is 0.133. The molecule has 3 aliphatic rings. The molecule has 3 unspecified atom stereocenters. The molecular weight excluding hydrogens is 322 g/mol. The van der Waals surface area contributed by atoms with Crippen molar-refractivity contribution in [3.05, 3.63) is 41.0 Å². The first-order valence-corrected chi connectivity index (χ1v) is 9.89. The lowest BCUT2D eigenvalue weighted by Crippen LogP contribution is -2.50. The standard InChI is InChI=1S/C22H29N3O/c1-5-16-6-7-20-18(9-16)10-17-8-13(2)15(4)24-21(14(17)3)22(25-20)26-19-11-23-12-19/h6-9,14-15,17,19,23H,5,10-12H2,1-4H3. The lowest BCUT2D eigenvalue weighted by Gasteiger charge is -2.32. The first-order valence-electron chi connectivity index (χ1n) is 9.89. The number of nitrogens with one attached hydrogen (secondary N) is 1. The highest BCUT2D eigenvalue weighted by Gasteiger charge is 2.33. The maximum atomic E-state index is 6.31. The van der Waals surface area contributed by atoms with Gasteiger partial charge in [0.1, 0.15) is 11.8 Å². The van der Waals surface area contributed by atoms with Crippen molar-refractivity contribution in [2.45, 2.75) is 52.7 Å². The van der Waals surface area contributed by atoms with Gasteiger partial charge in [-0.1, -0.05) is 37.6 Å². The molecule has 3 heterocycles. The van der Waals surface area contributed by atoms with Crippen LogP contribution in [0.3, 0.4) is 0 Å². The van der Waals surface area contributed by atoms with Crippen molar-refractivity contribution in [1.29, 1.82) is 0 Å². The second kappa shape index (κ2) is 6.99. The minimum Gasteiger partial charge on any atom is -0.470 e. The van der Waals surface area contributed by atoms with Crippen LogP contribution in [0.2, 0.25) is 0 Å². The van der Waals surface area contributed by atoms with E-state index in [0.29, 0.717) is 11.8 Å². The molecule has 4 heteroatoms. The predicted octanol–water partition coefficient (Wildman–Crippen LogP) is 3.87. The SMILES string of the molecule is CCc1ccc2c(c1)CC1C=C(C)C(C)N=C(C(OC3CNC3)=N2)C1C. The zero-order chi connectivity index (χ0) is 18.3. The van der Waals surface area contributed by atoms with E-state index < -0.39 is 0 Å². The molecule has 4 rings (SSSR count). The van der Waals surface area contributed by atoms with Crippen LogP contribution in [-0.2, 0) is 17.6 Å². The molecule has 1 saturated heterocycles. The number of benzene rings is 1. The van der Waals surface area contributed by atoms with Gasteiger partial charge in [-0.15, -0.1) is 0 Å². The van der Waals surface area contributed by atoms with E-state index >= 15 is 0 Å². The Labute approximate surface area is 156 Å². The summed E-state index contributed by atoms with van der Waals surface area (Å²) >= 11 is 0. The molecule has 26 heavy (non-hydrogen) atoms. The van der Waals surface area contributed by atoms with Gasteiger partial charge in [-0.05, 0) is 49.8 Å². The first kappa shape index (κ1) is 17.5. The molecule has 0 spiro atoms. The van der Waals surface area contributed by atoms with E-state index in [1.807, 2.05) is 0 Å². The van der Waals surface area contributed by atoms with Crippen molar-refractivity contribution < 1.29 is 4.74 Å². The largest absolute Gasteiger partial charge is 0.470 e. The van der Waals surface area contributed by atoms with Gasteiger partial charge in [0.25, 0.3) is 0 Å². The molecule has 0 aliphatic carbocycles. The maximum absolute atomic E-state index is 6.31. The Balaban J connectivity index is 1.84. The smallest absolute Gasteiger partial charge is 0.236 e. The normalized spacial score (nSPS) is 28.5. The second-order valence-electron chi connectivity index (χ2n) is 7.89. The summed E-state index contributed by atoms with van der Waals surface area (Å²) in [6, 6.07) is 6.84. The van der Waals surface area contributed by atoms with Crippen LogP contribution < -0.4 is 5.32 Å². The number of hydrogen-bond donors (Lipinski definition) is 1. The van der Waals surface area contributed by atoms with E-state index in [9.17, 15) is 0 Å². The average Bonchev–Trinajstić information content (AvgIpc) is 2.70. The Morgan fingerprint density at radius 3 is 2.73 bits per heavy atom. The third kappa shape index (κ3) is 3.23. The fourth-order valence-corrected chi connectivity index (χ4v) is 3.88. The number of fused-ring (bicyclic) bond motifs is 3. The number of hydrogen-bond acceptors (Lipinski definition) is 4. The average molecular weight is 351 g/mol. The van der Waals surface area contributed by atoms with Crippen LogP contribution in [0.15, 0.2) is 39.8 Å². The van der Waals surface area contributed by atoms with Gasteiger partial charge in [-0.3, -0.25) is 4.99 Å². The van der Waals surface area contributed by atoms with Gasteiger partial charge in [-0.25, -0.2) is 4.99 Å². The number of nitrogens with zero attached hydrogens (tertiary/aromatic N) is 2. The molecule has 0 saturated carbocycles. The highest BCUT2D eigenvalue weighted by atomic mass is 16.5. The van der Waals surface area contributed by atoms with E-state index in [0.717, 1.165) is 43.2 Å². The molecule has 3 atom stereocenters. The van der Waals surface area contributed by atoms with Crippen molar-refractivity contribution in [3.8, 4) is 0 Å². The van der Waals surface area contributed by atoms with Gasteiger partial charge in [0.15, 0.2) is 0 Å². The van der Waals surface area contributed by atoms with Gasteiger partial charge in [0.2, 0.25) is 5.90 Å². The molecule has 0 aromatic heterocycles. The fourth-order valence-electron chi connectivity index (χ4n) is 3.88. The molecule has 1 aromatic rings. The Morgan fingerprint density at radius 2 is 2.04 bits per heavy atom. The Hall–Kier alpha value is -1.94. The van der Waals surface area contributed by atoms with Crippen LogP contribution in [0.25, 0.3) is 0 Å². The monoisotopic (exact) mass is 351 g/mol. The van der Waals surface area contributed by atoms with Crippen LogP contribution in [0.5, 0.6) is 0 Å². The summed E-state index contributed by atoms with van der Waals surface area (Å²) < 4.78 is 6.31.